The predicted molar refractivity (Wildman–Crippen MR) is 120 cm³/mol. The van der Waals surface area contributed by atoms with Crippen LogP contribution in [0.15, 0.2) is 52.3 Å². The predicted octanol–water partition coefficient (Wildman–Crippen LogP) is 3.50. The zero-order valence-electron chi connectivity index (χ0n) is 16.7. The van der Waals surface area contributed by atoms with Crippen LogP contribution in [0.1, 0.15) is 38.3 Å². The van der Waals surface area contributed by atoms with Crippen LogP contribution in [-0.4, -0.2) is 28.3 Å². The molecule has 0 aliphatic rings. The molecule has 1 aromatic carbocycles. The number of hydrogen-bond acceptors (Lipinski definition) is 4. The number of hydrazine groups is 1. The van der Waals surface area contributed by atoms with Crippen molar-refractivity contribution in [3.8, 4) is 5.69 Å². The highest BCUT2D eigenvalue weighted by molar-refractivity contribution is 9.11. The van der Waals surface area contributed by atoms with Crippen LogP contribution in [0.3, 0.4) is 0 Å². The van der Waals surface area contributed by atoms with Gasteiger partial charge in [0.2, 0.25) is 0 Å². The number of benzene rings is 1. The second-order valence-electron chi connectivity index (χ2n) is 6.70. The highest BCUT2D eigenvalue weighted by Crippen LogP contribution is 2.22. The van der Waals surface area contributed by atoms with E-state index in [0.717, 1.165) is 20.9 Å². The van der Waals surface area contributed by atoms with Gasteiger partial charge in [-0.25, -0.2) is 0 Å². The van der Waals surface area contributed by atoms with Gasteiger partial charge in [-0.05, 0) is 67.0 Å². The first-order valence-electron chi connectivity index (χ1n) is 9.18. The molecule has 3 aromatic rings. The number of rotatable bonds is 5. The monoisotopic (exact) mass is 488 g/mol. The van der Waals surface area contributed by atoms with Crippen molar-refractivity contribution in [1.29, 1.82) is 0 Å². The molecule has 0 radical (unpaired) electrons. The van der Waals surface area contributed by atoms with Gasteiger partial charge in [0.05, 0.1) is 14.2 Å². The lowest BCUT2D eigenvalue weighted by molar-refractivity contribution is -0.123. The minimum absolute atomic E-state index is 0.355. The highest BCUT2D eigenvalue weighted by atomic mass is 79.9. The number of carbonyl (C=O) groups is 3. The topological polar surface area (TPSA) is 92.2 Å². The summed E-state index contributed by atoms with van der Waals surface area (Å²) < 4.78 is 2.80. The second kappa shape index (κ2) is 9.27. The molecule has 156 valence electrons. The number of aryl methyl sites for hydroxylation is 1. The SMILES string of the molecule is Cc1cc(C(=O)NNC(=O)C(C)NC(=O)c2ccc(Br)s2)c(C)n1-c1ccccc1. The van der Waals surface area contributed by atoms with E-state index in [1.807, 2.05) is 48.7 Å². The van der Waals surface area contributed by atoms with Gasteiger partial charge in [-0.2, -0.15) is 0 Å². The van der Waals surface area contributed by atoms with Crippen LogP contribution in [0.5, 0.6) is 0 Å². The van der Waals surface area contributed by atoms with E-state index in [4.69, 9.17) is 0 Å². The number of amides is 3. The number of nitrogens with one attached hydrogen (secondary N) is 3. The third-order valence-corrected chi connectivity index (χ3v) is 6.15. The fraction of sp³-hybridized carbons (Fsp3) is 0.190. The summed E-state index contributed by atoms with van der Waals surface area (Å²) in [6.07, 6.45) is 0. The first-order chi connectivity index (χ1) is 14.3. The molecule has 0 aliphatic carbocycles. The van der Waals surface area contributed by atoms with Crippen LogP contribution >= 0.6 is 27.3 Å². The molecule has 7 nitrogen and oxygen atoms in total. The third-order valence-electron chi connectivity index (χ3n) is 4.53. The fourth-order valence-corrected chi connectivity index (χ4v) is 4.32. The van der Waals surface area contributed by atoms with Crippen molar-refractivity contribution in [2.75, 3.05) is 0 Å². The van der Waals surface area contributed by atoms with Gasteiger partial charge in [0.25, 0.3) is 17.7 Å². The van der Waals surface area contributed by atoms with Crippen molar-refractivity contribution < 1.29 is 14.4 Å². The summed E-state index contributed by atoms with van der Waals surface area (Å²) >= 11 is 4.57. The van der Waals surface area contributed by atoms with Gasteiger partial charge < -0.3 is 9.88 Å². The first-order valence-corrected chi connectivity index (χ1v) is 10.8. The molecule has 3 amide bonds. The molecule has 1 atom stereocenters. The molecular weight excluding hydrogens is 468 g/mol. The zero-order chi connectivity index (χ0) is 21.8. The Hall–Kier alpha value is -2.91. The van der Waals surface area contributed by atoms with E-state index in [9.17, 15) is 14.4 Å². The van der Waals surface area contributed by atoms with E-state index in [-0.39, 0.29) is 5.91 Å². The number of hydrogen-bond donors (Lipinski definition) is 3. The summed E-state index contributed by atoms with van der Waals surface area (Å²) in [7, 11) is 0. The average Bonchev–Trinajstić information content (AvgIpc) is 3.29. The van der Waals surface area contributed by atoms with Crippen LogP contribution < -0.4 is 16.2 Å². The largest absolute Gasteiger partial charge is 0.340 e. The van der Waals surface area contributed by atoms with Crippen molar-refractivity contribution in [3.05, 3.63) is 74.1 Å². The van der Waals surface area contributed by atoms with Crippen molar-refractivity contribution in [2.45, 2.75) is 26.8 Å². The molecule has 0 bridgehead atoms. The molecule has 0 saturated carbocycles. The Kier molecular flexibility index (Phi) is 6.73. The molecule has 2 aromatic heterocycles. The molecule has 1 unspecified atom stereocenters. The Morgan fingerprint density at radius 1 is 1.00 bits per heavy atom. The Morgan fingerprint density at radius 2 is 1.70 bits per heavy atom. The smallest absolute Gasteiger partial charge is 0.271 e. The van der Waals surface area contributed by atoms with Gasteiger partial charge in [-0.3, -0.25) is 25.2 Å². The van der Waals surface area contributed by atoms with Crippen LogP contribution in [0.2, 0.25) is 0 Å². The van der Waals surface area contributed by atoms with E-state index in [1.54, 1.807) is 25.1 Å². The van der Waals surface area contributed by atoms with Gasteiger partial charge in [0.15, 0.2) is 0 Å². The molecule has 30 heavy (non-hydrogen) atoms. The number of halogens is 1. The van der Waals surface area contributed by atoms with Crippen LogP contribution in [0.4, 0.5) is 0 Å². The van der Waals surface area contributed by atoms with Gasteiger partial charge >= 0.3 is 0 Å². The quantitative estimate of drug-likeness (QED) is 0.479. The van der Waals surface area contributed by atoms with E-state index in [1.165, 1.54) is 11.3 Å². The maximum atomic E-state index is 12.6. The molecule has 9 heteroatoms. The number of para-hydroxylation sites is 1. The number of thiophene rings is 1. The minimum Gasteiger partial charge on any atom is -0.340 e. The van der Waals surface area contributed by atoms with Crippen molar-refractivity contribution in [2.24, 2.45) is 0 Å². The molecule has 2 heterocycles. The lowest BCUT2D eigenvalue weighted by atomic mass is 10.2. The highest BCUT2D eigenvalue weighted by Gasteiger charge is 2.20. The average molecular weight is 489 g/mol. The summed E-state index contributed by atoms with van der Waals surface area (Å²) in [5.41, 5.74) is 7.86. The Balaban J connectivity index is 1.61. The molecule has 0 saturated heterocycles. The molecule has 0 fully saturated rings. The lowest BCUT2D eigenvalue weighted by Crippen LogP contribution is -2.51. The van der Waals surface area contributed by atoms with E-state index < -0.39 is 17.9 Å². The summed E-state index contributed by atoms with van der Waals surface area (Å²) in [5, 5.41) is 2.60. The lowest BCUT2D eigenvalue weighted by Gasteiger charge is -2.14. The molecule has 0 spiro atoms. The first kappa shape index (κ1) is 21.8. The molecule has 3 N–H and O–H groups in total. The standard InChI is InChI=1S/C21H21BrN4O3S/c1-12-11-16(14(3)26(12)15-7-5-4-6-8-15)20(28)25-24-19(27)13(2)23-21(29)17-9-10-18(22)30-17/h4-11,13H,1-3H3,(H,23,29)(H,24,27)(H,25,28). The summed E-state index contributed by atoms with van der Waals surface area (Å²) in [6, 6.07) is 14.1. The second-order valence-corrected chi connectivity index (χ2v) is 9.16. The summed E-state index contributed by atoms with van der Waals surface area (Å²) in [6.45, 7) is 5.30. The van der Waals surface area contributed by atoms with Crippen molar-refractivity contribution >= 4 is 45.0 Å². The number of carbonyl (C=O) groups excluding carboxylic acids is 3. The van der Waals surface area contributed by atoms with Gasteiger partial charge in [0.1, 0.15) is 6.04 Å². The van der Waals surface area contributed by atoms with Crippen LogP contribution in [0.25, 0.3) is 5.69 Å². The Morgan fingerprint density at radius 3 is 2.33 bits per heavy atom. The number of aromatic nitrogens is 1. The van der Waals surface area contributed by atoms with E-state index >= 15 is 0 Å². The van der Waals surface area contributed by atoms with E-state index in [0.29, 0.717) is 10.4 Å². The molecule has 3 rings (SSSR count). The maximum Gasteiger partial charge on any atom is 0.271 e. The summed E-state index contributed by atoms with van der Waals surface area (Å²) in [4.78, 5) is 37.5. The van der Waals surface area contributed by atoms with E-state index in [2.05, 4.69) is 32.1 Å². The maximum absolute atomic E-state index is 12.6. The molecular formula is C21H21BrN4O3S. The third kappa shape index (κ3) is 4.80. The van der Waals surface area contributed by atoms with Crippen molar-refractivity contribution in [3.63, 3.8) is 0 Å². The van der Waals surface area contributed by atoms with Crippen LogP contribution in [0, 0.1) is 13.8 Å². The fourth-order valence-electron chi connectivity index (χ4n) is 3.03. The Labute approximate surface area is 186 Å². The normalized spacial score (nSPS) is 11.6. The number of nitrogens with zero attached hydrogens (tertiary/aromatic N) is 1. The van der Waals surface area contributed by atoms with Gasteiger partial charge in [-0.1, -0.05) is 18.2 Å². The van der Waals surface area contributed by atoms with Gasteiger partial charge in [-0.15, -0.1) is 11.3 Å². The molecule has 0 aliphatic heterocycles. The summed E-state index contributed by atoms with van der Waals surface area (Å²) in [5.74, 6) is -1.31. The zero-order valence-corrected chi connectivity index (χ0v) is 19.1. The minimum atomic E-state index is -0.824. The van der Waals surface area contributed by atoms with Crippen LogP contribution in [-0.2, 0) is 4.79 Å². The Bertz CT molecular complexity index is 1090. The van der Waals surface area contributed by atoms with Crippen molar-refractivity contribution in [1.82, 2.24) is 20.7 Å². The van der Waals surface area contributed by atoms with Gasteiger partial charge in [0, 0.05) is 17.1 Å².